The fourth-order valence-corrected chi connectivity index (χ4v) is 2.51. The van der Waals surface area contributed by atoms with E-state index in [1.54, 1.807) is 18.3 Å². The minimum Gasteiger partial charge on any atom is -0.393 e. The Morgan fingerprint density at radius 1 is 1.53 bits per heavy atom. The van der Waals surface area contributed by atoms with Crippen molar-refractivity contribution in [2.45, 2.75) is 44.9 Å². The molecule has 1 aromatic rings. The van der Waals surface area contributed by atoms with Gasteiger partial charge in [-0.05, 0) is 31.2 Å². The number of aliphatic hydroxyl groups is 1. The standard InChI is InChI=1S/C14H20N2O3/c1-2-12(10-7-11(17)8-10)15-13(18)9-16-6-4-3-5-14(16)19/h3-6,10-12,17H,2,7-9H2,1H3,(H,15,18)/t10?,11?,12-/m1/s1. The molecule has 104 valence electrons. The SMILES string of the molecule is CC[C@@H](NC(=O)Cn1ccccc1=O)C1CC(O)C1. The fourth-order valence-electron chi connectivity index (χ4n) is 2.51. The van der Waals surface area contributed by atoms with Gasteiger partial charge in [-0.2, -0.15) is 0 Å². The summed E-state index contributed by atoms with van der Waals surface area (Å²) in [7, 11) is 0. The minimum atomic E-state index is -0.215. The molecule has 0 unspecified atom stereocenters. The number of carbonyl (C=O) groups is 1. The Morgan fingerprint density at radius 3 is 2.84 bits per heavy atom. The van der Waals surface area contributed by atoms with Gasteiger partial charge in [0.2, 0.25) is 5.91 Å². The molecular weight excluding hydrogens is 244 g/mol. The van der Waals surface area contributed by atoms with Crippen LogP contribution < -0.4 is 10.9 Å². The molecule has 0 aromatic carbocycles. The summed E-state index contributed by atoms with van der Waals surface area (Å²) in [4.78, 5) is 23.4. The quantitative estimate of drug-likeness (QED) is 0.814. The molecule has 0 bridgehead atoms. The molecule has 1 amide bonds. The Kier molecular flexibility index (Phi) is 4.37. The summed E-state index contributed by atoms with van der Waals surface area (Å²) in [5.74, 6) is 0.206. The Labute approximate surface area is 112 Å². The summed E-state index contributed by atoms with van der Waals surface area (Å²) in [5.41, 5.74) is -0.176. The van der Waals surface area contributed by atoms with Gasteiger partial charge in [-0.3, -0.25) is 9.59 Å². The average Bonchev–Trinajstić information content (AvgIpc) is 2.35. The molecule has 0 saturated heterocycles. The van der Waals surface area contributed by atoms with Gasteiger partial charge in [-0.15, -0.1) is 0 Å². The number of pyridine rings is 1. The van der Waals surface area contributed by atoms with E-state index in [9.17, 15) is 14.7 Å². The van der Waals surface area contributed by atoms with Crippen LogP contribution in [0.2, 0.25) is 0 Å². The number of hydrogen-bond acceptors (Lipinski definition) is 3. The molecule has 0 aliphatic heterocycles. The van der Waals surface area contributed by atoms with E-state index in [1.807, 2.05) is 6.92 Å². The number of nitrogens with zero attached hydrogens (tertiary/aromatic N) is 1. The molecule has 19 heavy (non-hydrogen) atoms. The van der Waals surface area contributed by atoms with Crippen molar-refractivity contribution in [2.75, 3.05) is 0 Å². The molecule has 2 N–H and O–H groups in total. The molecular formula is C14H20N2O3. The number of aromatic nitrogens is 1. The van der Waals surface area contributed by atoms with Crippen molar-refractivity contribution in [3.8, 4) is 0 Å². The highest BCUT2D eigenvalue weighted by Crippen LogP contribution is 2.31. The van der Waals surface area contributed by atoms with Gasteiger partial charge in [0.05, 0.1) is 6.10 Å². The number of carbonyl (C=O) groups excluding carboxylic acids is 1. The topological polar surface area (TPSA) is 71.3 Å². The zero-order chi connectivity index (χ0) is 13.8. The van der Waals surface area contributed by atoms with Crippen molar-refractivity contribution in [2.24, 2.45) is 5.92 Å². The van der Waals surface area contributed by atoms with Crippen LogP contribution in [0.3, 0.4) is 0 Å². The van der Waals surface area contributed by atoms with Gasteiger partial charge in [-0.1, -0.05) is 13.0 Å². The highest BCUT2D eigenvalue weighted by atomic mass is 16.3. The molecule has 5 heteroatoms. The monoisotopic (exact) mass is 264 g/mol. The lowest BCUT2D eigenvalue weighted by Crippen LogP contribution is -2.47. The van der Waals surface area contributed by atoms with Crippen molar-refractivity contribution in [3.63, 3.8) is 0 Å². The third-order valence-corrected chi connectivity index (χ3v) is 3.72. The lowest BCUT2D eigenvalue weighted by Gasteiger charge is -2.37. The molecule has 5 nitrogen and oxygen atoms in total. The van der Waals surface area contributed by atoms with Gasteiger partial charge < -0.3 is 15.0 Å². The van der Waals surface area contributed by atoms with E-state index in [2.05, 4.69) is 5.32 Å². The van der Waals surface area contributed by atoms with Crippen LogP contribution in [0.1, 0.15) is 26.2 Å². The molecule has 1 aromatic heterocycles. The van der Waals surface area contributed by atoms with Crippen LogP contribution in [0.25, 0.3) is 0 Å². The molecule has 1 fully saturated rings. The number of hydrogen-bond donors (Lipinski definition) is 2. The zero-order valence-electron chi connectivity index (χ0n) is 11.1. The molecule has 1 atom stereocenters. The van der Waals surface area contributed by atoms with Crippen molar-refractivity contribution < 1.29 is 9.90 Å². The van der Waals surface area contributed by atoms with Crippen molar-refractivity contribution >= 4 is 5.91 Å². The Bertz CT molecular complexity index is 491. The van der Waals surface area contributed by atoms with Crippen LogP contribution in [-0.4, -0.2) is 27.7 Å². The summed E-state index contributed by atoms with van der Waals surface area (Å²) < 4.78 is 1.39. The molecule has 2 rings (SSSR count). The van der Waals surface area contributed by atoms with E-state index in [4.69, 9.17) is 0 Å². The Balaban J connectivity index is 1.90. The van der Waals surface area contributed by atoms with Gasteiger partial charge >= 0.3 is 0 Å². The van der Waals surface area contributed by atoms with Crippen LogP contribution in [0.15, 0.2) is 29.2 Å². The van der Waals surface area contributed by atoms with Crippen molar-refractivity contribution in [3.05, 3.63) is 34.7 Å². The molecule has 1 saturated carbocycles. The van der Waals surface area contributed by atoms with E-state index in [-0.39, 0.29) is 30.2 Å². The zero-order valence-corrected chi connectivity index (χ0v) is 11.1. The molecule has 1 aliphatic rings. The third-order valence-electron chi connectivity index (χ3n) is 3.72. The smallest absolute Gasteiger partial charge is 0.250 e. The lowest BCUT2D eigenvalue weighted by atomic mass is 9.76. The summed E-state index contributed by atoms with van der Waals surface area (Å²) in [6.07, 6.45) is 3.74. The van der Waals surface area contributed by atoms with Crippen LogP contribution >= 0.6 is 0 Å². The van der Waals surface area contributed by atoms with Crippen molar-refractivity contribution in [1.29, 1.82) is 0 Å². The van der Waals surface area contributed by atoms with Gasteiger partial charge in [0, 0.05) is 18.3 Å². The average molecular weight is 264 g/mol. The molecule has 0 radical (unpaired) electrons. The summed E-state index contributed by atoms with van der Waals surface area (Å²) in [5, 5.41) is 12.3. The molecule has 0 spiro atoms. The number of nitrogens with one attached hydrogen (secondary N) is 1. The first-order valence-electron chi connectivity index (χ1n) is 6.73. The normalized spacial score (nSPS) is 23.5. The number of aliphatic hydroxyl groups excluding tert-OH is 1. The number of rotatable bonds is 5. The van der Waals surface area contributed by atoms with Gasteiger partial charge in [0.1, 0.15) is 6.54 Å². The van der Waals surface area contributed by atoms with Crippen LogP contribution in [0.5, 0.6) is 0 Å². The van der Waals surface area contributed by atoms with Gasteiger partial charge in [0.25, 0.3) is 5.56 Å². The second-order valence-electron chi connectivity index (χ2n) is 5.13. The maximum Gasteiger partial charge on any atom is 0.250 e. The first-order chi connectivity index (χ1) is 9.10. The Hall–Kier alpha value is -1.62. The molecule has 1 aliphatic carbocycles. The van der Waals surface area contributed by atoms with E-state index < -0.39 is 0 Å². The predicted octanol–water partition coefficient (Wildman–Crippen LogP) is 0.514. The van der Waals surface area contributed by atoms with Gasteiger partial charge in [-0.25, -0.2) is 0 Å². The second-order valence-corrected chi connectivity index (χ2v) is 5.13. The highest BCUT2D eigenvalue weighted by Gasteiger charge is 2.33. The van der Waals surface area contributed by atoms with E-state index in [1.165, 1.54) is 10.6 Å². The third kappa shape index (κ3) is 3.44. The second kappa shape index (κ2) is 6.02. The van der Waals surface area contributed by atoms with Gasteiger partial charge in [0.15, 0.2) is 0 Å². The van der Waals surface area contributed by atoms with Crippen LogP contribution in [-0.2, 0) is 11.3 Å². The summed E-state index contributed by atoms with van der Waals surface area (Å²) in [6.45, 7) is 2.07. The van der Waals surface area contributed by atoms with Crippen LogP contribution in [0.4, 0.5) is 0 Å². The fraction of sp³-hybridized carbons (Fsp3) is 0.571. The van der Waals surface area contributed by atoms with Crippen LogP contribution in [0, 0.1) is 5.92 Å². The van der Waals surface area contributed by atoms with E-state index in [0.29, 0.717) is 5.92 Å². The summed E-state index contributed by atoms with van der Waals surface area (Å²) >= 11 is 0. The maximum absolute atomic E-state index is 11.9. The maximum atomic E-state index is 11.9. The van der Waals surface area contributed by atoms with E-state index >= 15 is 0 Å². The summed E-state index contributed by atoms with van der Waals surface area (Å²) in [6, 6.07) is 4.91. The predicted molar refractivity (Wildman–Crippen MR) is 71.7 cm³/mol. The minimum absolute atomic E-state index is 0.0471. The molecule has 1 heterocycles. The lowest BCUT2D eigenvalue weighted by molar-refractivity contribution is -0.123. The first kappa shape index (κ1) is 13.8. The van der Waals surface area contributed by atoms with Crippen molar-refractivity contribution in [1.82, 2.24) is 9.88 Å². The largest absolute Gasteiger partial charge is 0.393 e. The Morgan fingerprint density at radius 2 is 2.26 bits per heavy atom. The first-order valence-corrected chi connectivity index (χ1v) is 6.73. The van der Waals surface area contributed by atoms with E-state index in [0.717, 1.165) is 19.3 Å². The highest BCUT2D eigenvalue weighted by molar-refractivity contribution is 5.76. The number of amides is 1.